The summed E-state index contributed by atoms with van der Waals surface area (Å²) in [5.41, 5.74) is 1.99. The number of hydrogen-bond donors (Lipinski definition) is 1. The summed E-state index contributed by atoms with van der Waals surface area (Å²) >= 11 is 0. The van der Waals surface area contributed by atoms with Gasteiger partial charge in [0.2, 0.25) is 5.88 Å². The molecule has 2 aromatic rings. The van der Waals surface area contributed by atoms with Crippen LogP contribution in [-0.4, -0.2) is 73.9 Å². The smallest absolute Gasteiger partial charge is 0.219 e. The summed E-state index contributed by atoms with van der Waals surface area (Å²) in [4.78, 5) is 13.0. The number of hydrogen-bond acceptors (Lipinski definition) is 6. The normalized spacial score (nSPS) is 22.9. The molecule has 1 saturated heterocycles. The maximum absolute atomic E-state index is 10.6. The molecule has 1 aliphatic carbocycles. The molecule has 0 spiro atoms. The molecule has 23 heavy (non-hydrogen) atoms. The van der Waals surface area contributed by atoms with Gasteiger partial charge in [-0.25, -0.2) is 9.97 Å². The Bertz CT molecular complexity index is 677. The lowest BCUT2D eigenvalue weighted by molar-refractivity contribution is 0.103. The average Bonchev–Trinajstić information content (AvgIpc) is 2.93. The van der Waals surface area contributed by atoms with Crippen LogP contribution in [0.4, 0.5) is 0 Å². The molecule has 0 bridgehead atoms. The SMILES string of the molecule is CN1CCN(C2CCc3nn(-c4ccncn4)c(O)c3C2)CC1. The van der Waals surface area contributed by atoms with Crippen molar-refractivity contribution in [3.8, 4) is 11.7 Å². The Balaban J connectivity index is 1.57. The van der Waals surface area contributed by atoms with Gasteiger partial charge in [-0.15, -0.1) is 0 Å². The number of piperazine rings is 1. The minimum atomic E-state index is 0.234. The fraction of sp³-hybridized carbons (Fsp3) is 0.562. The standard InChI is InChI=1S/C16H22N6O/c1-20-6-8-21(9-7-20)12-2-3-14-13(10-12)16(23)22(19-14)15-4-5-17-11-18-15/h4-5,11-12,23H,2-3,6-10H2,1H3. The molecule has 1 aliphatic heterocycles. The summed E-state index contributed by atoms with van der Waals surface area (Å²) in [6.07, 6.45) is 6.03. The molecule has 122 valence electrons. The second-order valence-electron chi connectivity index (χ2n) is 6.46. The number of aryl methyl sites for hydroxylation is 1. The van der Waals surface area contributed by atoms with Gasteiger partial charge in [0, 0.05) is 50.0 Å². The molecule has 7 nitrogen and oxygen atoms in total. The summed E-state index contributed by atoms with van der Waals surface area (Å²) in [5.74, 6) is 0.848. The number of rotatable bonds is 2. The molecular formula is C16H22N6O. The Hall–Kier alpha value is -1.99. The molecule has 1 N–H and O–H groups in total. The van der Waals surface area contributed by atoms with Gasteiger partial charge in [-0.05, 0) is 26.3 Å². The Morgan fingerprint density at radius 3 is 2.78 bits per heavy atom. The van der Waals surface area contributed by atoms with E-state index in [-0.39, 0.29) is 5.88 Å². The quantitative estimate of drug-likeness (QED) is 0.869. The molecule has 7 heteroatoms. The minimum absolute atomic E-state index is 0.234. The van der Waals surface area contributed by atoms with E-state index in [1.807, 2.05) is 0 Å². The first-order valence-corrected chi connectivity index (χ1v) is 8.21. The Morgan fingerprint density at radius 2 is 2.04 bits per heavy atom. The van der Waals surface area contributed by atoms with Crippen LogP contribution in [0.5, 0.6) is 5.88 Å². The third-order valence-corrected chi connectivity index (χ3v) is 5.03. The van der Waals surface area contributed by atoms with Gasteiger partial charge in [0.1, 0.15) is 6.33 Å². The van der Waals surface area contributed by atoms with Gasteiger partial charge in [-0.1, -0.05) is 0 Å². The molecule has 4 rings (SSSR count). The van der Waals surface area contributed by atoms with Crippen molar-refractivity contribution in [1.29, 1.82) is 0 Å². The van der Waals surface area contributed by atoms with Gasteiger partial charge >= 0.3 is 0 Å². The second-order valence-corrected chi connectivity index (χ2v) is 6.46. The van der Waals surface area contributed by atoms with Gasteiger partial charge in [-0.3, -0.25) is 4.90 Å². The van der Waals surface area contributed by atoms with Crippen molar-refractivity contribution < 1.29 is 5.11 Å². The van der Waals surface area contributed by atoms with E-state index in [1.54, 1.807) is 16.9 Å². The highest BCUT2D eigenvalue weighted by Gasteiger charge is 2.31. The molecule has 1 unspecified atom stereocenters. The maximum Gasteiger partial charge on any atom is 0.219 e. The highest BCUT2D eigenvalue weighted by Crippen LogP contribution is 2.32. The van der Waals surface area contributed by atoms with E-state index >= 15 is 0 Å². The van der Waals surface area contributed by atoms with Gasteiger partial charge in [-0.2, -0.15) is 9.78 Å². The number of fused-ring (bicyclic) bond motifs is 1. The van der Waals surface area contributed by atoms with Gasteiger partial charge in [0.05, 0.1) is 5.69 Å². The number of likely N-dealkylation sites (N-methyl/N-ethyl adjacent to an activating group) is 1. The molecule has 3 heterocycles. The lowest BCUT2D eigenvalue weighted by Gasteiger charge is -2.39. The fourth-order valence-corrected chi connectivity index (χ4v) is 3.60. The zero-order chi connectivity index (χ0) is 15.8. The summed E-state index contributed by atoms with van der Waals surface area (Å²) < 4.78 is 1.54. The van der Waals surface area contributed by atoms with Crippen LogP contribution in [0, 0.1) is 0 Å². The van der Waals surface area contributed by atoms with Crippen LogP contribution >= 0.6 is 0 Å². The number of nitrogens with zero attached hydrogens (tertiary/aromatic N) is 6. The number of aromatic nitrogens is 4. The maximum atomic E-state index is 10.6. The zero-order valence-electron chi connectivity index (χ0n) is 13.4. The predicted octanol–water partition coefficient (Wildman–Crippen LogP) is 0.473. The van der Waals surface area contributed by atoms with Crippen LogP contribution in [0.15, 0.2) is 18.6 Å². The van der Waals surface area contributed by atoms with Gasteiger partial charge in [0.25, 0.3) is 0 Å². The highest BCUT2D eigenvalue weighted by molar-refractivity contribution is 5.39. The van der Waals surface area contributed by atoms with Crippen molar-refractivity contribution >= 4 is 0 Å². The van der Waals surface area contributed by atoms with Crippen LogP contribution in [0.1, 0.15) is 17.7 Å². The third-order valence-electron chi connectivity index (χ3n) is 5.03. The molecule has 0 aromatic carbocycles. The summed E-state index contributed by atoms with van der Waals surface area (Å²) in [7, 11) is 2.17. The third kappa shape index (κ3) is 2.70. The molecule has 1 atom stereocenters. The van der Waals surface area contributed by atoms with E-state index in [9.17, 15) is 5.11 Å². The van der Waals surface area contributed by atoms with Crippen LogP contribution in [0.25, 0.3) is 5.82 Å². The Labute approximate surface area is 135 Å². The monoisotopic (exact) mass is 314 g/mol. The van der Waals surface area contributed by atoms with Gasteiger partial charge in [0.15, 0.2) is 5.82 Å². The second kappa shape index (κ2) is 5.90. The molecule has 0 radical (unpaired) electrons. The summed E-state index contributed by atoms with van der Waals surface area (Å²) in [6, 6.07) is 2.26. The first-order chi connectivity index (χ1) is 11.2. The molecule has 1 fully saturated rings. The first-order valence-electron chi connectivity index (χ1n) is 8.21. The average molecular weight is 314 g/mol. The minimum Gasteiger partial charge on any atom is -0.493 e. The van der Waals surface area contributed by atoms with Crippen LogP contribution in [0.2, 0.25) is 0 Å². The Kier molecular flexibility index (Phi) is 3.74. The van der Waals surface area contributed by atoms with E-state index in [2.05, 4.69) is 31.9 Å². The fourth-order valence-electron chi connectivity index (χ4n) is 3.60. The van der Waals surface area contributed by atoms with E-state index in [4.69, 9.17) is 0 Å². The van der Waals surface area contributed by atoms with Crippen molar-refractivity contribution in [3.63, 3.8) is 0 Å². The van der Waals surface area contributed by atoms with Crippen LogP contribution in [-0.2, 0) is 12.8 Å². The molecule has 2 aromatic heterocycles. The van der Waals surface area contributed by atoms with Crippen molar-refractivity contribution in [2.45, 2.75) is 25.3 Å². The van der Waals surface area contributed by atoms with E-state index in [0.29, 0.717) is 11.9 Å². The topological polar surface area (TPSA) is 70.3 Å². The Morgan fingerprint density at radius 1 is 1.22 bits per heavy atom. The molecule has 2 aliphatic rings. The van der Waals surface area contributed by atoms with Gasteiger partial charge < -0.3 is 10.0 Å². The van der Waals surface area contributed by atoms with Crippen molar-refractivity contribution in [1.82, 2.24) is 29.5 Å². The highest BCUT2D eigenvalue weighted by atomic mass is 16.3. The first kappa shape index (κ1) is 14.6. The largest absolute Gasteiger partial charge is 0.493 e. The molecule has 0 amide bonds. The molecule has 0 saturated carbocycles. The van der Waals surface area contributed by atoms with E-state index in [1.165, 1.54) is 6.33 Å². The summed E-state index contributed by atoms with van der Waals surface area (Å²) in [6.45, 7) is 4.46. The lowest BCUT2D eigenvalue weighted by atomic mass is 9.91. The van der Waals surface area contributed by atoms with Crippen molar-refractivity contribution in [2.75, 3.05) is 33.2 Å². The van der Waals surface area contributed by atoms with Crippen LogP contribution in [0.3, 0.4) is 0 Å². The van der Waals surface area contributed by atoms with E-state index in [0.717, 1.165) is 56.7 Å². The number of aromatic hydroxyl groups is 1. The zero-order valence-corrected chi connectivity index (χ0v) is 13.4. The summed E-state index contributed by atoms with van der Waals surface area (Å²) in [5, 5.41) is 15.2. The van der Waals surface area contributed by atoms with Crippen molar-refractivity contribution in [3.05, 3.63) is 29.8 Å². The van der Waals surface area contributed by atoms with Crippen molar-refractivity contribution in [2.24, 2.45) is 0 Å². The predicted molar refractivity (Wildman–Crippen MR) is 85.7 cm³/mol. The van der Waals surface area contributed by atoms with E-state index < -0.39 is 0 Å². The molecular weight excluding hydrogens is 292 g/mol. The lowest BCUT2D eigenvalue weighted by Crippen LogP contribution is -2.50. The van der Waals surface area contributed by atoms with Crippen LogP contribution < -0.4 is 0 Å².